The smallest absolute Gasteiger partial charge is 0.341 e. The Morgan fingerprint density at radius 2 is 2.14 bits per heavy atom. The predicted molar refractivity (Wildman–Crippen MR) is 78.0 cm³/mol. The highest BCUT2D eigenvalue weighted by atomic mass is 16.5. The maximum absolute atomic E-state index is 12.4. The van der Waals surface area contributed by atoms with E-state index in [-0.39, 0.29) is 11.3 Å². The Balaban J connectivity index is 2.35. The fraction of sp³-hybridized carbons (Fsp3) is 0.250. The zero-order valence-corrected chi connectivity index (χ0v) is 11.6. The van der Waals surface area contributed by atoms with Crippen molar-refractivity contribution in [2.24, 2.45) is 0 Å². The minimum atomic E-state index is -1.23. The molecule has 21 heavy (non-hydrogen) atoms. The van der Waals surface area contributed by atoms with Gasteiger partial charge in [0.25, 0.3) is 0 Å². The lowest BCUT2D eigenvalue weighted by Gasteiger charge is -2.24. The summed E-state index contributed by atoms with van der Waals surface area (Å²) in [6.45, 7) is 2.72. The Labute approximate surface area is 121 Å². The lowest BCUT2D eigenvalue weighted by Crippen LogP contribution is -2.25. The third kappa shape index (κ3) is 2.11. The molecule has 5 nitrogen and oxygen atoms in total. The SMILES string of the molecule is CCOc1c2n(cc(C(=O)O)c1=O)CCc1ccccc1-2. The van der Waals surface area contributed by atoms with E-state index < -0.39 is 11.4 Å². The van der Waals surface area contributed by atoms with E-state index in [9.17, 15) is 14.7 Å². The number of aryl methyl sites for hydroxylation is 2. The summed E-state index contributed by atoms with van der Waals surface area (Å²) in [6.07, 6.45) is 2.22. The molecule has 0 unspecified atom stereocenters. The van der Waals surface area contributed by atoms with Crippen LogP contribution in [0.15, 0.2) is 35.3 Å². The van der Waals surface area contributed by atoms with Crippen LogP contribution in [0.3, 0.4) is 0 Å². The van der Waals surface area contributed by atoms with Crippen LogP contribution in [0.2, 0.25) is 0 Å². The second-order valence-electron chi connectivity index (χ2n) is 4.89. The Hall–Kier alpha value is -2.56. The standard InChI is InChI=1S/C16H15NO4/c1-2-21-15-13-11-6-4-3-5-10(11)7-8-17(13)9-12(14(15)18)16(19)20/h3-6,9H,2,7-8H2,1H3,(H,19,20). The first-order valence-electron chi connectivity index (χ1n) is 6.85. The number of aromatic carboxylic acids is 1. The Bertz CT molecular complexity index is 776. The zero-order valence-electron chi connectivity index (χ0n) is 11.6. The second-order valence-corrected chi connectivity index (χ2v) is 4.89. The number of nitrogens with zero attached hydrogens (tertiary/aromatic N) is 1. The quantitative estimate of drug-likeness (QED) is 0.938. The van der Waals surface area contributed by atoms with Gasteiger partial charge in [-0.15, -0.1) is 0 Å². The molecule has 1 aliphatic heterocycles. The van der Waals surface area contributed by atoms with Crippen LogP contribution in [0.5, 0.6) is 5.75 Å². The molecule has 0 bridgehead atoms. The molecule has 2 heterocycles. The zero-order chi connectivity index (χ0) is 15.0. The first-order valence-corrected chi connectivity index (χ1v) is 6.85. The molecule has 1 aromatic heterocycles. The van der Waals surface area contributed by atoms with E-state index in [2.05, 4.69) is 0 Å². The number of hydrogen-bond donors (Lipinski definition) is 1. The summed E-state index contributed by atoms with van der Waals surface area (Å²) in [5, 5.41) is 9.19. The Morgan fingerprint density at radius 1 is 1.38 bits per heavy atom. The van der Waals surface area contributed by atoms with Gasteiger partial charge in [0.05, 0.1) is 12.3 Å². The van der Waals surface area contributed by atoms with Gasteiger partial charge in [-0.2, -0.15) is 0 Å². The number of ether oxygens (including phenoxy) is 1. The summed E-state index contributed by atoms with van der Waals surface area (Å²) in [5.41, 5.74) is 1.93. The molecular formula is C16H15NO4. The number of carboxylic acid groups (broad SMARTS) is 1. The van der Waals surface area contributed by atoms with Gasteiger partial charge in [-0.25, -0.2) is 4.79 Å². The van der Waals surface area contributed by atoms with Gasteiger partial charge in [-0.05, 0) is 18.9 Å². The average Bonchev–Trinajstić information content (AvgIpc) is 2.49. The average molecular weight is 285 g/mol. The molecule has 3 rings (SSSR count). The topological polar surface area (TPSA) is 68.5 Å². The maximum Gasteiger partial charge on any atom is 0.341 e. The summed E-state index contributed by atoms with van der Waals surface area (Å²) < 4.78 is 7.29. The van der Waals surface area contributed by atoms with Crippen LogP contribution in [-0.2, 0) is 13.0 Å². The molecule has 1 aliphatic rings. The molecule has 2 aromatic rings. The van der Waals surface area contributed by atoms with Gasteiger partial charge in [-0.1, -0.05) is 24.3 Å². The number of carboxylic acids is 1. The molecule has 0 fully saturated rings. The van der Waals surface area contributed by atoms with Gasteiger partial charge in [0.2, 0.25) is 5.43 Å². The van der Waals surface area contributed by atoms with Crippen LogP contribution in [0, 0.1) is 0 Å². The number of pyridine rings is 1. The van der Waals surface area contributed by atoms with Crippen molar-refractivity contribution < 1.29 is 14.6 Å². The van der Waals surface area contributed by atoms with Crippen molar-refractivity contribution in [1.82, 2.24) is 4.57 Å². The summed E-state index contributed by atoms with van der Waals surface area (Å²) in [7, 11) is 0. The highest BCUT2D eigenvalue weighted by molar-refractivity contribution is 5.89. The van der Waals surface area contributed by atoms with Crippen molar-refractivity contribution in [3.8, 4) is 17.0 Å². The van der Waals surface area contributed by atoms with Crippen LogP contribution in [0.25, 0.3) is 11.3 Å². The van der Waals surface area contributed by atoms with E-state index in [0.717, 1.165) is 17.5 Å². The number of carbonyl (C=O) groups is 1. The van der Waals surface area contributed by atoms with E-state index in [1.54, 1.807) is 11.5 Å². The van der Waals surface area contributed by atoms with E-state index in [0.29, 0.717) is 18.8 Å². The Morgan fingerprint density at radius 3 is 2.86 bits per heavy atom. The lowest BCUT2D eigenvalue weighted by molar-refractivity contribution is 0.0693. The first kappa shape index (κ1) is 13.4. The maximum atomic E-state index is 12.4. The highest BCUT2D eigenvalue weighted by Crippen LogP contribution is 2.34. The number of rotatable bonds is 3. The molecular weight excluding hydrogens is 270 g/mol. The van der Waals surface area contributed by atoms with Gasteiger partial charge in [0.15, 0.2) is 5.75 Å². The monoisotopic (exact) mass is 285 g/mol. The van der Waals surface area contributed by atoms with Crippen molar-refractivity contribution in [3.63, 3.8) is 0 Å². The first-order chi connectivity index (χ1) is 10.1. The van der Waals surface area contributed by atoms with Gasteiger partial charge in [0, 0.05) is 18.3 Å². The normalized spacial score (nSPS) is 12.4. The minimum absolute atomic E-state index is 0.129. The van der Waals surface area contributed by atoms with Gasteiger partial charge < -0.3 is 14.4 Å². The largest absolute Gasteiger partial charge is 0.488 e. The van der Waals surface area contributed by atoms with E-state index in [1.807, 2.05) is 24.3 Å². The molecule has 108 valence electrons. The molecule has 0 amide bonds. The van der Waals surface area contributed by atoms with Crippen molar-refractivity contribution in [2.75, 3.05) is 6.61 Å². The molecule has 1 N–H and O–H groups in total. The summed E-state index contributed by atoms with van der Waals surface area (Å²) >= 11 is 0. The minimum Gasteiger partial charge on any atom is -0.488 e. The third-order valence-corrected chi connectivity index (χ3v) is 3.65. The molecule has 0 spiro atoms. The lowest BCUT2D eigenvalue weighted by atomic mass is 9.96. The third-order valence-electron chi connectivity index (χ3n) is 3.65. The molecule has 1 aromatic carbocycles. The van der Waals surface area contributed by atoms with Gasteiger partial charge in [-0.3, -0.25) is 4.79 Å². The molecule has 0 atom stereocenters. The molecule has 0 saturated carbocycles. The van der Waals surface area contributed by atoms with Crippen LogP contribution >= 0.6 is 0 Å². The fourth-order valence-electron chi connectivity index (χ4n) is 2.73. The van der Waals surface area contributed by atoms with E-state index in [4.69, 9.17) is 4.74 Å². The summed E-state index contributed by atoms with van der Waals surface area (Å²) in [6, 6.07) is 7.81. The summed E-state index contributed by atoms with van der Waals surface area (Å²) in [4.78, 5) is 23.6. The fourth-order valence-corrected chi connectivity index (χ4v) is 2.73. The molecule has 0 aliphatic carbocycles. The number of aromatic nitrogens is 1. The molecule has 0 radical (unpaired) electrons. The van der Waals surface area contributed by atoms with Crippen molar-refractivity contribution in [3.05, 3.63) is 51.8 Å². The van der Waals surface area contributed by atoms with Crippen molar-refractivity contribution in [2.45, 2.75) is 19.9 Å². The van der Waals surface area contributed by atoms with Crippen LogP contribution in [-0.4, -0.2) is 22.2 Å². The van der Waals surface area contributed by atoms with Crippen LogP contribution < -0.4 is 10.2 Å². The highest BCUT2D eigenvalue weighted by Gasteiger charge is 2.25. The number of fused-ring (bicyclic) bond motifs is 3. The number of hydrogen-bond acceptors (Lipinski definition) is 3. The van der Waals surface area contributed by atoms with Gasteiger partial charge in [0.1, 0.15) is 5.56 Å². The van der Waals surface area contributed by atoms with Crippen molar-refractivity contribution >= 4 is 5.97 Å². The molecule has 0 saturated heterocycles. The van der Waals surface area contributed by atoms with Crippen LogP contribution in [0.1, 0.15) is 22.8 Å². The second kappa shape index (κ2) is 5.09. The van der Waals surface area contributed by atoms with E-state index in [1.165, 1.54) is 6.20 Å². The number of benzene rings is 1. The molecule has 5 heteroatoms. The predicted octanol–water partition coefficient (Wildman–Crippen LogP) is 2.17. The summed E-state index contributed by atoms with van der Waals surface area (Å²) in [5.74, 6) is -1.10. The van der Waals surface area contributed by atoms with Crippen LogP contribution in [0.4, 0.5) is 0 Å². The van der Waals surface area contributed by atoms with Gasteiger partial charge >= 0.3 is 5.97 Å². The van der Waals surface area contributed by atoms with E-state index >= 15 is 0 Å². The van der Waals surface area contributed by atoms with Crippen molar-refractivity contribution in [1.29, 1.82) is 0 Å². The Kier molecular flexibility index (Phi) is 3.25.